The Bertz CT molecular complexity index is 432. The van der Waals surface area contributed by atoms with Crippen molar-refractivity contribution in [3.8, 4) is 6.07 Å². The summed E-state index contributed by atoms with van der Waals surface area (Å²) in [5.74, 6) is 1.15. The molecule has 16 heavy (non-hydrogen) atoms. The first-order valence-electron chi connectivity index (χ1n) is 4.94. The summed E-state index contributed by atoms with van der Waals surface area (Å²) in [4.78, 5) is 8.37. The minimum absolute atomic E-state index is 0.498. The van der Waals surface area contributed by atoms with E-state index in [0.717, 1.165) is 0 Å². The average Bonchev–Trinajstić information content (AvgIpc) is 2.12. The van der Waals surface area contributed by atoms with Gasteiger partial charge in [0.15, 0.2) is 0 Å². The molecule has 0 amide bonds. The molecule has 1 N–H and O–H groups in total. The summed E-state index contributed by atoms with van der Waals surface area (Å²) in [7, 11) is 0. The predicted octanol–water partition coefficient (Wildman–Crippen LogP) is 1.83. The number of rotatable bonds is 3. The van der Waals surface area contributed by atoms with Crippen LogP contribution in [-0.2, 0) is 0 Å². The molecule has 5 heteroatoms. The zero-order chi connectivity index (χ0) is 12.3. The lowest BCUT2D eigenvalue weighted by atomic mass is 10.2. The summed E-state index contributed by atoms with van der Waals surface area (Å²) < 4.78 is 0. The Labute approximate surface area is 99.7 Å². The summed E-state index contributed by atoms with van der Waals surface area (Å²) in [5, 5.41) is 19.3. The number of nitrogens with zero attached hydrogens (tertiary/aromatic N) is 3. The highest BCUT2D eigenvalue weighted by atomic mass is 32.2. The van der Waals surface area contributed by atoms with Gasteiger partial charge in [-0.05, 0) is 27.7 Å². The van der Waals surface area contributed by atoms with Gasteiger partial charge in [-0.15, -0.1) is 11.8 Å². The molecule has 0 aliphatic heterocycles. The first-order valence-corrected chi connectivity index (χ1v) is 5.92. The third kappa shape index (κ3) is 3.47. The van der Waals surface area contributed by atoms with Crippen molar-refractivity contribution in [2.45, 2.75) is 38.3 Å². The van der Waals surface area contributed by atoms with Gasteiger partial charge in [0.2, 0.25) is 0 Å². The van der Waals surface area contributed by atoms with Crippen LogP contribution in [0.15, 0.2) is 5.03 Å². The lowest BCUT2D eigenvalue weighted by Gasteiger charge is -2.16. The molecule has 0 spiro atoms. The Balaban J connectivity index is 3.00. The minimum Gasteiger partial charge on any atom is -0.390 e. The molecular weight excluding hydrogens is 222 g/mol. The molecule has 0 aromatic carbocycles. The molecule has 0 saturated heterocycles. The number of aryl methyl sites for hydroxylation is 2. The van der Waals surface area contributed by atoms with E-state index in [1.807, 2.05) is 0 Å². The topological polar surface area (TPSA) is 69.8 Å². The molecule has 0 fully saturated rings. The molecule has 4 nitrogen and oxygen atoms in total. The largest absolute Gasteiger partial charge is 0.390 e. The Morgan fingerprint density at radius 1 is 1.38 bits per heavy atom. The number of hydrogen-bond acceptors (Lipinski definition) is 5. The van der Waals surface area contributed by atoms with Crippen LogP contribution in [0.25, 0.3) is 0 Å². The van der Waals surface area contributed by atoms with Crippen molar-refractivity contribution in [2.24, 2.45) is 0 Å². The van der Waals surface area contributed by atoms with Crippen LogP contribution in [-0.4, -0.2) is 26.4 Å². The van der Waals surface area contributed by atoms with Crippen LogP contribution in [0.5, 0.6) is 0 Å². The predicted molar refractivity (Wildman–Crippen MR) is 63.2 cm³/mol. The van der Waals surface area contributed by atoms with Crippen LogP contribution in [0, 0.1) is 25.2 Å². The van der Waals surface area contributed by atoms with Crippen LogP contribution < -0.4 is 0 Å². The van der Waals surface area contributed by atoms with Crippen molar-refractivity contribution in [3.63, 3.8) is 0 Å². The molecule has 0 radical (unpaired) electrons. The van der Waals surface area contributed by atoms with E-state index >= 15 is 0 Å². The summed E-state index contributed by atoms with van der Waals surface area (Å²) in [5.41, 5.74) is 0.414. The van der Waals surface area contributed by atoms with Gasteiger partial charge in [-0.2, -0.15) is 5.26 Å². The van der Waals surface area contributed by atoms with E-state index in [-0.39, 0.29) is 0 Å². The maximum absolute atomic E-state index is 9.63. The van der Waals surface area contributed by atoms with Gasteiger partial charge >= 0.3 is 0 Å². The van der Waals surface area contributed by atoms with Crippen LogP contribution in [0.1, 0.15) is 30.9 Å². The molecule has 0 bridgehead atoms. The van der Waals surface area contributed by atoms with E-state index in [2.05, 4.69) is 16.0 Å². The van der Waals surface area contributed by atoms with E-state index in [1.54, 1.807) is 27.7 Å². The van der Waals surface area contributed by atoms with E-state index in [4.69, 9.17) is 5.26 Å². The summed E-state index contributed by atoms with van der Waals surface area (Å²) in [6.07, 6.45) is 0. The second kappa shape index (κ2) is 4.81. The van der Waals surface area contributed by atoms with Crippen LogP contribution >= 0.6 is 11.8 Å². The van der Waals surface area contributed by atoms with Crippen molar-refractivity contribution in [1.82, 2.24) is 9.97 Å². The zero-order valence-corrected chi connectivity index (χ0v) is 10.7. The number of hydrogen-bond donors (Lipinski definition) is 1. The fraction of sp³-hybridized carbons (Fsp3) is 0.545. The van der Waals surface area contributed by atoms with Gasteiger partial charge in [-0.1, -0.05) is 0 Å². The van der Waals surface area contributed by atoms with Crippen molar-refractivity contribution in [3.05, 3.63) is 17.1 Å². The minimum atomic E-state index is -0.774. The van der Waals surface area contributed by atoms with Crippen molar-refractivity contribution in [1.29, 1.82) is 5.26 Å². The smallest absolute Gasteiger partial charge is 0.126 e. The molecule has 0 atom stereocenters. The molecule has 1 rings (SSSR count). The summed E-state index contributed by atoms with van der Waals surface area (Å²) >= 11 is 1.38. The lowest BCUT2D eigenvalue weighted by molar-refractivity contribution is 0.107. The van der Waals surface area contributed by atoms with Gasteiger partial charge < -0.3 is 5.11 Å². The first kappa shape index (κ1) is 12.9. The second-order valence-corrected chi connectivity index (χ2v) is 5.21. The average molecular weight is 237 g/mol. The maximum Gasteiger partial charge on any atom is 0.126 e. The second-order valence-electron chi connectivity index (χ2n) is 4.25. The zero-order valence-electron chi connectivity index (χ0n) is 9.90. The molecule has 0 saturated carbocycles. The Morgan fingerprint density at radius 2 is 2.00 bits per heavy atom. The van der Waals surface area contributed by atoms with Crippen LogP contribution in [0.2, 0.25) is 0 Å². The highest BCUT2D eigenvalue weighted by molar-refractivity contribution is 7.99. The third-order valence-corrected chi connectivity index (χ3v) is 3.26. The van der Waals surface area contributed by atoms with Crippen molar-refractivity contribution >= 4 is 11.8 Å². The normalized spacial score (nSPS) is 11.2. The Hall–Kier alpha value is -1.12. The quantitative estimate of drug-likeness (QED) is 0.641. The van der Waals surface area contributed by atoms with Gasteiger partial charge in [0.25, 0.3) is 0 Å². The number of thioether (sulfide) groups is 1. The molecule has 0 unspecified atom stereocenters. The Morgan fingerprint density at radius 3 is 2.50 bits per heavy atom. The summed E-state index contributed by atoms with van der Waals surface area (Å²) in [6, 6.07) is 2.10. The fourth-order valence-corrected chi connectivity index (χ4v) is 2.18. The lowest BCUT2D eigenvalue weighted by Crippen LogP contribution is -2.22. The van der Waals surface area contributed by atoms with Crippen LogP contribution in [0.3, 0.4) is 0 Å². The number of nitriles is 1. The molecule has 86 valence electrons. The van der Waals surface area contributed by atoms with E-state index in [9.17, 15) is 5.11 Å². The molecule has 1 aromatic heterocycles. The molecule has 1 heterocycles. The van der Waals surface area contributed by atoms with E-state index in [1.165, 1.54) is 11.8 Å². The highest BCUT2D eigenvalue weighted by Crippen LogP contribution is 2.25. The van der Waals surface area contributed by atoms with Gasteiger partial charge in [0.1, 0.15) is 22.5 Å². The summed E-state index contributed by atoms with van der Waals surface area (Å²) in [6.45, 7) is 7.05. The van der Waals surface area contributed by atoms with E-state index in [0.29, 0.717) is 27.9 Å². The number of aliphatic hydroxyl groups is 1. The molecule has 1 aromatic rings. The van der Waals surface area contributed by atoms with Gasteiger partial charge in [-0.3, -0.25) is 0 Å². The van der Waals surface area contributed by atoms with Crippen molar-refractivity contribution < 1.29 is 5.11 Å². The molecule has 0 aliphatic rings. The monoisotopic (exact) mass is 237 g/mol. The Kier molecular flexibility index (Phi) is 3.89. The third-order valence-electron chi connectivity index (χ3n) is 1.84. The standard InChI is InChI=1S/C11H15N3OS/c1-7-9(5-12)10(14-8(2)13-7)16-6-11(3,4)15/h15H,6H2,1-4H3. The fourth-order valence-electron chi connectivity index (χ4n) is 1.16. The van der Waals surface area contributed by atoms with Gasteiger partial charge in [0, 0.05) is 5.75 Å². The van der Waals surface area contributed by atoms with Gasteiger partial charge in [-0.25, -0.2) is 9.97 Å². The first-order chi connectivity index (χ1) is 7.33. The molecular formula is C11H15N3OS. The highest BCUT2D eigenvalue weighted by Gasteiger charge is 2.16. The SMILES string of the molecule is Cc1nc(C)c(C#N)c(SCC(C)(C)O)n1. The van der Waals surface area contributed by atoms with Crippen LogP contribution in [0.4, 0.5) is 0 Å². The molecule has 0 aliphatic carbocycles. The van der Waals surface area contributed by atoms with Crippen molar-refractivity contribution in [2.75, 3.05) is 5.75 Å². The number of aromatic nitrogens is 2. The maximum atomic E-state index is 9.63. The van der Waals surface area contributed by atoms with Gasteiger partial charge in [0.05, 0.1) is 11.3 Å². The van der Waals surface area contributed by atoms with E-state index < -0.39 is 5.60 Å².